The van der Waals surface area contributed by atoms with Crippen LogP contribution in [0.4, 0.5) is 0 Å². The van der Waals surface area contributed by atoms with Gasteiger partial charge < -0.3 is 4.90 Å². The topological polar surface area (TPSA) is 3.24 Å². The van der Waals surface area contributed by atoms with Gasteiger partial charge in [-0.2, -0.15) is 0 Å². The van der Waals surface area contributed by atoms with E-state index in [4.69, 9.17) is 0 Å². The standard InChI is InChI=1S/C11H17N/c1-3-4-5-6-11-7-9-12(2)10-8-11/h3-7H,8-10H2,1-2H3/b4-3-,6-5-. The molecule has 0 aromatic rings. The summed E-state index contributed by atoms with van der Waals surface area (Å²) in [6.45, 7) is 4.31. The summed E-state index contributed by atoms with van der Waals surface area (Å²) in [5, 5.41) is 0. The van der Waals surface area contributed by atoms with Crippen molar-refractivity contribution in [2.24, 2.45) is 0 Å². The van der Waals surface area contributed by atoms with Crippen LogP contribution in [0.1, 0.15) is 13.3 Å². The fraction of sp³-hybridized carbons (Fsp3) is 0.455. The van der Waals surface area contributed by atoms with E-state index in [1.165, 1.54) is 18.5 Å². The molecule has 0 fully saturated rings. The number of hydrogen-bond donors (Lipinski definition) is 0. The van der Waals surface area contributed by atoms with Crippen molar-refractivity contribution < 1.29 is 0 Å². The van der Waals surface area contributed by atoms with Crippen LogP contribution in [0.5, 0.6) is 0 Å². The van der Waals surface area contributed by atoms with Crippen LogP contribution >= 0.6 is 0 Å². The van der Waals surface area contributed by atoms with E-state index in [0.29, 0.717) is 0 Å². The van der Waals surface area contributed by atoms with Crippen LogP contribution in [0.2, 0.25) is 0 Å². The van der Waals surface area contributed by atoms with Crippen LogP contribution in [0, 0.1) is 0 Å². The van der Waals surface area contributed by atoms with Crippen LogP contribution in [0.15, 0.2) is 36.0 Å². The van der Waals surface area contributed by atoms with E-state index in [1.807, 2.05) is 13.0 Å². The highest BCUT2D eigenvalue weighted by Crippen LogP contribution is 2.09. The Balaban J connectivity index is 2.43. The molecule has 1 rings (SSSR count). The van der Waals surface area contributed by atoms with Crippen molar-refractivity contribution in [1.29, 1.82) is 0 Å². The van der Waals surface area contributed by atoms with Crippen LogP contribution in [0.3, 0.4) is 0 Å². The minimum Gasteiger partial charge on any atom is -0.302 e. The summed E-state index contributed by atoms with van der Waals surface area (Å²) in [5.74, 6) is 0. The number of likely N-dealkylation sites (N-methyl/N-ethyl adjacent to an activating group) is 1. The molecule has 66 valence electrons. The van der Waals surface area contributed by atoms with Crippen LogP contribution < -0.4 is 0 Å². The molecule has 0 aromatic carbocycles. The zero-order valence-corrected chi connectivity index (χ0v) is 7.96. The summed E-state index contributed by atoms with van der Waals surface area (Å²) in [7, 11) is 2.16. The molecule has 0 atom stereocenters. The molecule has 0 aromatic heterocycles. The van der Waals surface area contributed by atoms with E-state index in [0.717, 1.165) is 6.54 Å². The molecule has 0 saturated heterocycles. The monoisotopic (exact) mass is 163 g/mol. The Hall–Kier alpha value is -0.820. The van der Waals surface area contributed by atoms with Crippen molar-refractivity contribution in [3.63, 3.8) is 0 Å². The van der Waals surface area contributed by atoms with Gasteiger partial charge in [-0.15, -0.1) is 0 Å². The smallest absolute Gasteiger partial charge is 0.0165 e. The molecule has 0 spiro atoms. The Bertz CT molecular complexity index is 208. The van der Waals surface area contributed by atoms with Crippen molar-refractivity contribution >= 4 is 0 Å². The third-order valence-corrected chi connectivity index (χ3v) is 2.06. The van der Waals surface area contributed by atoms with E-state index in [9.17, 15) is 0 Å². The molecule has 1 aliphatic heterocycles. The molecule has 0 aliphatic carbocycles. The summed E-state index contributed by atoms with van der Waals surface area (Å²) in [6.07, 6.45) is 11.9. The number of hydrogen-bond acceptors (Lipinski definition) is 1. The first-order valence-electron chi connectivity index (χ1n) is 4.50. The lowest BCUT2D eigenvalue weighted by atomic mass is 10.1. The molecular formula is C11H17N. The van der Waals surface area contributed by atoms with Gasteiger partial charge in [-0.25, -0.2) is 0 Å². The molecule has 0 bridgehead atoms. The minimum absolute atomic E-state index is 1.09. The fourth-order valence-corrected chi connectivity index (χ4v) is 1.23. The summed E-state index contributed by atoms with van der Waals surface area (Å²) in [4.78, 5) is 2.33. The Morgan fingerprint density at radius 1 is 1.42 bits per heavy atom. The van der Waals surface area contributed by atoms with Crippen molar-refractivity contribution in [3.05, 3.63) is 36.0 Å². The Labute approximate surface area is 75.1 Å². The predicted molar refractivity (Wildman–Crippen MR) is 54.2 cm³/mol. The summed E-state index contributed by atoms with van der Waals surface area (Å²) >= 11 is 0. The zero-order chi connectivity index (χ0) is 8.81. The van der Waals surface area contributed by atoms with Gasteiger partial charge in [-0.1, -0.05) is 30.4 Å². The van der Waals surface area contributed by atoms with Gasteiger partial charge in [0.05, 0.1) is 0 Å². The maximum atomic E-state index is 2.33. The van der Waals surface area contributed by atoms with Crippen LogP contribution in [-0.4, -0.2) is 25.0 Å². The summed E-state index contributed by atoms with van der Waals surface area (Å²) in [6, 6.07) is 0. The highest BCUT2D eigenvalue weighted by molar-refractivity contribution is 5.24. The maximum Gasteiger partial charge on any atom is 0.0165 e. The molecule has 0 N–H and O–H groups in total. The van der Waals surface area contributed by atoms with Crippen molar-refractivity contribution in [2.75, 3.05) is 20.1 Å². The van der Waals surface area contributed by atoms with Gasteiger partial charge in [0, 0.05) is 13.1 Å². The van der Waals surface area contributed by atoms with Crippen molar-refractivity contribution in [2.45, 2.75) is 13.3 Å². The molecule has 1 heteroatoms. The van der Waals surface area contributed by atoms with Crippen molar-refractivity contribution in [1.82, 2.24) is 4.90 Å². The predicted octanol–water partition coefficient (Wildman–Crippen LogP) is 2.38. The van der Waals surface area contributed by atoms with Gasteiger partial charge in [0.15, 0.2) is 0 Å². The lowest BCUT2D eigenvalue weighted by molar-refractivity contribution is 0.361. The Morgan fingerprint density at radius 2 is 2.25 bits per heavy atom. The van der Waals surface area contributed by atoms with Crippen molar-refractivity contribution in [3.8, 4) is 0 Å². The van der Waals surface area contributed by atoms with Gasteiger partial charge in [0.1, 0.15) is 0 Å². The first-order valence-corrected chi connectivity index (χ1v) is 4.50. The van der Waals surface area contributed by atoms with Gasteiger partial charge >= 0.3 is 0 Å². The Kier molecular flexibility index (Phi) is 3.81. The second-order valence-corrected chi connectivity index (χ2v) is 3.18. The maximum absolute atomic E-state index is 2.33. The lowest BCUT2D eigenvalue weighted by Crippen LogP contribution is -2.23. The average Bonchev–Trinajstić information content (AvgIpc) is 2.09. The summed E-state index contributed by atoms with van der Waals surface area (Å²) in [5.41, 5.74) is 1.46. The fourth-order valence-electron chi connectivity index (χ4n) is 1.23. The molecular weight excluding hydrogens is 146 g/mol. The van der Waals surface area contributed by atoms with E-state index < -0.39 is 0 Å². The van der Waals surface area contributed by atoms with E-state index in [2.05, 4.69) is 36.3 Å². The molecule has 12 heavy (non-hydrogen) atoms. The number of rotatable bonds is 2. The van der Waals surface area contributed by atoms with Gasteiger partial charge in [-0.05, 0) is 26.0 Å². The third kappa shape index (κ3) is 3.05. The minimum atomic E-state index is 1.09. The zero-order valence-electron chi connectivity index (χ0n) is 7.96. The molecule has 0 saturated carbocycles. The average molecular weight is 163 g/mol. The van der Waals surface area contributed by atoms with E-state index >= 15 is 0 Å². The first-order chi connectivity index (χ1) is 5.83. The van der Waals surface area contributed by atoms with E-state index in [1.54, 1.807) is 0 Å². The van der Waals surface area contributed by atoms with Gasteiger partial charge in [0.25, 0.3) is 0 Å². The first kappa shape index (κ1) is 9.27. The number of allylic oxidation sites excluding steroid dienone is 4. The van der Waals surface area contributed by atoms with Gasteiger partial charge in [0.2, 0.25) is 0 Å². The molecule has 0 radical (unpaired) electrons. The second kappa shape index (κ2) is 4.94. The largest absolute Gasteiger partial charge is 0.302 e. The normalized spacial score (nSPS) is 20.7. The SMILES string of the molecule is C/C=C\C=C/C1=CCN(C)CC1. The number of nitrogens with zero attached hydrogens (tertiary/aromatic N) is 1. The third-order valence-electron chi connectivity index (χ3n) is 2.06. The van der Waals surface area contributed by atoms with Crippen LogP contribution in [0.25, 0.3) is 0 Å². The molecule has 1 aliphatic rings. The summed E-state index contributed by atoms with van der Waals surface area (Å²) < 4.78 is 0. The lowest BCUT2D eigenvalue weighted by Gasteiger charge is -2.19. The quantitative estimate of drug-likeness (QED) is 0.565. The molecule has 0 amide bonds. The molecule has 1 nitrogen and oxygen atoms in total. The molecule has 0 unspecified atom stereocenters. The highest BCUT2D eigenvalue weighted by Gasteiger charge is 2.03. The van der Waals surface area contributed by atoms with E-state index in [-0.39, 0.29) is 0 Å². The molecule has 1 heterocycles. The highest BCUT2D eigenvalue weighted by atomic mass is 15.1. The second-order valence-electron chi connectivity index (χ2n) is 3.18. The van der Waals surface area contributed by atoms with Crippen LogP contribution in [-0.2, 0) is 0 Å². The Morgan fingerprint density at radius 3 is 2.83 bits per heavy atom. The van der Waals surface area contributed by atoms with Gasteiger partial charge in [-0.3, -0.25) is 0 Å².